The van der Waals surface area contributed by atoms with Gasteiger partial charge in [0.05, 0.1) is 0 Å². The van der Waals surface area contributed by atoms with Crippen molar-refractivity contribution < 1.29 is 4.74 Å². The first kappa shape index (κ1) is 10.3. The van der Waals surface area contributed by atoms with E-state index in [1.54, 1.807) is 18.2 Å². The van der Waals surface area contributed by atoms with Crippen molar-refractivity contribution in [3.8, 4) is 5.75 Å². The predicted molar refractivity (Wildman–Crippen MR) is 60.3 cm³/mol. The van der Waals surface area contributed by atoms with Gasteiger partial charge in [0.1, 0.15) is 11.5 Å². The summed E-state index contributed by atoms with van der Waals surface area (Å²) in [5, 5.41) is 0. The van der Waals surface area contributed by atoms with Crippen molar-refractivity contribution in [2.24, 2.45) is 0 Å². The van der Waals surface area contributed by atoms with Gasteiger partial charge in [-0.3, -0.25) is 0 Å². The van der Waals surface area contributed by atoms with Crippen molar-refractivity contribution in [3.05, 3.63) is 67.0 Å². The minimum absolute atomic E-state index is 0.703. The van der Waals surface area contributed by atoms with Gasteiger partial charge in [0.25, 0.3) is 0 Å². The van der Waals surface area contributed by atoms with Gasteiger partial charge in [-0.25, -0.2) is 0 Å². The Morgan fingerprint density at radius 3 is 2.57 bits per heavy atom. The van der Waals surface area contributed by atoms with Crippen molar-refractivity contribution >= 4 is 0 Å². The van der Waals surface area contributed by atoms with Crippen LogP contribution in [-0.2, 0) is 0 Å². The lowest BCUT2D eigenvalue weighted by Gasteiger charge is -2.07. The number of para-hydroxylation sites is 1. The van der Waals surface area contributed by atoms with Gasteiger partial charge < -0.3 is 4.74 Å². The van der Waals surface area contributed by atoms with E-state index in [1.807, 2.05) is 31.2 Å². The Labute approximate surface area is 85.0 Å². The topological polar surface area (TPSA) is 9.23 Å². The van der Waals surface area contributed by atoms with E-state index in [9.17, 15) is 0 Å². The number of benzene rings is 1. The summed E-state index contributed by atoms with van der Waals surface area (Å²) in [6.45, 7) is 9.28. The van der Waals surface area contributed by atoms with E-state index in [4.69, 9.17) is 4.74 Å². The first-order valence-electron chi connectivity index (χ1n) is 4.46. The molecule has 72 valence electrons. The van der Waals surface area contributed by atoms with Crippen LogP contribution < -0.4 is 4.74 Å². The lowest BCUT2D eigenvalue weighted by atomic mass is 10.2. The number of rotatable bonds is 4. The van der Waals surface area contributed by atoms with Crippen LogP contribution in [0.3, 0.4) is 0 Å². The van der Waals surface area contributed by atoms with E-state index in [0.29, 0.717) is 5.76 Å². The number of allylic oxidation sites excluding steroid dienone is 3. The molecule has 0 N–H and O–H groups in total. The average molecular weight is 186 g/mol. The van der Waals surface area contributed by atoms with Crippen LogP contribution >= 0.6 is 0 Å². The molecule has 14 heavy (non-hydrogen) atoms. The maximum atomic E-state index is 5.61. The molecular weight excluding hydrogens is 172 g/mol. The molecule has 1 aromatic carbocycles. The van der Waals surface area contributed by atoms with Gasteiger partial charge in [-0.05, 0) is 30.7 Å². The normalized spacial score (nSPS) is 10.8. The Kier molecular flexibility index (Phi) is 3.74. The predicted octanol–water partition coefficient (Wildman–Crippen LogP) is 3.63. The van der Waals surface area contributed by atoms with Gasteiger partial charge in [-0.1, -0.05) is 37.4 Å². The Morgan fingerprint density at radius 1 is 1.29 bits per heavy atom. The van der Waals surface area contributed by atoms with E-state index >= 15 is 0 Å². The molecule has 0 fully saturated rings. The molecule has 0 amide bonds. The standard InChI is InChI=1S/C13H14O/c1-4-8-12(5-2)14-13-10-7-6-9-11(13)3/h4-10H,1-2H2,3H3/b12-8+. The first-order chi connectivity index (χ1) is 6.77. The third kappa shape index (κ3) is 2.63. The molecule has 0 aliphatic carbocycles. The van der Waals surface area contributed by atoms with Gasteiger partial charge >= 0.3 is 0 Å². The van der Waals surface area contributed by atoms with E-state index in [-0.39, 0.29) is 0 Å². The van der Waals surface area contributed by atoms with Crippen LogP contribution in [0.4, 0.5) is 0 Å². The van der Waals surface area contributed by atoms with Gasteiger partial charge in [0, 0.05) is 0 Å². The van der Waals surface area contributed by atoms with Crippen LogP contribution in [0.1, 0.15) is 5.56 Å². The summed E-state index contributed by atoms with van der Waals surface area (Å²) in [6.07, 6.45) is 5.11. The maximum absolute atomic E-state index is 5.61. The number of hydrogen-bond acceptors (Lipinski definition) is 1. The molecule has 0 saturated heterocycles. The van der Waals surface area contributed by atoms with Crippen molar-refractivity contribution in [3.63, 3.8) is 0 Å². The minimum atomic E-state index is 0.703. The Morgan fingerprint density at radius 2 is 2.00 bits per heavy atom. The second-order valence-electron chi connectivity index (χ2n) is 2.88. The van der Waals surface area contributed by atoms with Crippen LogP contribution in [-0.4, -0.2) is 0 Å². The van der Waals surface area contributed by atoms with E-state index < -0.39 is 0 Å². The summed E-state index contributed by atoms with van der Waals surface area (Å²) in [4.78, 5) is 0. The smallest absolute Gasteiger partial charge is 0.130 e. The molecule has 0 aliphatic rings. The third-order valence-corrected chi connectivity index (χ3v) is 1.80. The second-order valence-corrected chi connectivity index (χ2v) is 2.88. The third-order valence-electron chi connectivity index (χ3n) is 1.80. The quantitative estimate of drug-likeness (QED) is 0.515. The molecule has 1 aromatic rings. The highest BCUT2D eigenvalue weighted by Gasteiger charge is 1.98. The van der Waals surface area contributed by atoms with Gasteiger partial charge in [0.15, 0.2) is 0 Å². The zero-order valence-corrected chi connectivity index (χ0v) is 8.36. The monoisotopic (exact) mass is 186 g/mol. The molecule has 0 atom stereocenters. The molecule has 1 nitrogen and oxygen atoms in total. The molecule has 0 spiro atoms. The maximum Gasteiger partial charge on any atom is 0.130 e. The molecule has 0 saturated carbocycles. The number of hydrogen-bond donors (Lipinski definition) is 0. The van der Waals surface area contributed by atoms with Crippen LogP contribution in [0.2, 0.25) is 0 Å². The fourth-order valence-corrected chi connectivity index (χ4v) is 1.06. The molecular formula is C13H14O. The van der Waals surface area contributed by atoms with Crippen molar-refractivity contribution in [1.82, 2.24) is 0 Å². The van der Waals surface area contributed by atoms with Crippen LogP contribution in [0, 0.1) is 6.92 Å². The first-order valence-corrected chi connectivity index (χ1v) is 4.46. The highest BCUT2D eigenvalue weighted by molar-refractivity contribution is 5.34. The van der Waals surface area contributed by atoms with Crippen LogP contribution in [0.5, 0.6) is 5.75 Å². The van der Waals surface area contributed by atoms with E-state index in [0.717, 1.165) is 11.3 Å². The molecule has 0 radical (unpaired) electrons. The second kappa shape index (κ2) is 5.07. The largest absolute Gasteiger partial charge is 0.457 e. The summed E-state index contributed by atoms with van der Waals surface area (Å²) in [7, 11) is 0. The molecule has 0 aromatic heterocycles. The molecule has 0 bridgehead atoms. The summed E-state index contributed by atoms with van der Waals surface area (Å²) >= 11 is 0. The fraction of sp³-hybridized carbons (Fsp3) is 0.0769. The van der Waals surface area contributed by atoms with E-state index in [2.05, 4.69) is 13.2 Å². The van der Waals surface area contributed by atoms with Gasteiger partial charge in [0.2, 0.25) is 0 Å². The van der Waals surface area contributed by atoms with Crippen LogP contribution in [0.25, 0.3) is 0 Å². The Hall–Kier alpha value is -1.76. The van der Waals surface area contributed by atoms with Crippen molar-refractivity contribution in [2.75, 3.05) is 0 Å². The summed E-state index contributed by atoms with van der Waals surface area (Å²) in [6, 6.07) is 7.85. The van der Waals surface area contributed by atoms with Crippen molar-refractivity contribution in [1.29, 1.82) is 0 Å². The SMILES string of the molecule is C=C/C=C(\C=C)Oc1ccccc1C. The van der Waals surface area contributed by atoms with Crippen molar-refractivity contribution in [2.45, 2.75) is 6.92 Å². The zero-order valence-electron chi connectivity index (χ0n) is 8.36. The van der Waals surface area contributed by atoms with E-state index in [1.165, 1.54) is 0 Å². The van der Waals surface area contributed by atoms with Gasteiger partial charge in [-0.15, -0.1) is 0 Å². The molecule has 0 unspecified atom stereocenters. The average Bonchev–Trinajstić information content (AvgIpc) is 2.20. The summed E-state index contributed by atoms with van der Waals surface area (Å²) in [5.74, 6) is 1.55. The molecule has 0 heterocycles. The molecule has 1 rings (SSSR count). The Bertz CT molecular complexity index is 361. The number of ether oxygens (including phenoxy) is 1. The summed E-state index contributed by atoms with van der Waals surface area (Å²) in [5.41, 5.74) is 1.10. The molecule has 0 aliphatic heterocycles. The highest BCUT2D eigenvalue weighted by Crippen LogP contribution is 2.19. The Balaban J connectivity index is 2.87. The molecule has 1 heteroatoms. The fourth-order valence-electron chi connectivity index (χ4n) is 1.06. The lowest BCUT2D eigenvalue weighted by Crippen LogP contribution is -1.93. The minimum Gasteiger partial charge on any atom is -0.457 e. The highest BCUT2D eigenvalue weighted by atomic mass is 16.5. The lowest BCUT2D eigenvalue weighted by molar-refractivity contribution is 0.441. The zero-order chi connectivity index (χ0) is 10.4. The van der Waals surface area contributed by atoms with Gasteiger partial charge in [-0.2, -0.15) is 0 Å². The van der Waals surface area contributed by atoms with Crippen LogP contribution in [0.15, 0.2) is 61.4 Å². The number of aryl methyl sites for hydroxylation is 1. The summed E-state index contributed by atoms with van der Waals surface area (Å²) < 4.78 is 5.61.